The van der Waals surface area contributed by atoms with Gasteiger partial charge in [-0.3, -0.25) is 0 Å². The normalized spacial score (nSPS) is 11.6. The molecule has 0 saturated heterocycles. The number of anilines is 1. The lowest BCUT2D eigenvalue weighted by molar-refractivity contribution is 0.564. The van der Waals surface area contributed by atoms with Crippen LogP contribution in [0.15, 0.2) is 22.7 Å². The Morgan fingerprint density at radius 2 is 1.62 bits per heavy atom. The summed E-state index contributed by atoms with van der Waals surface area (Å²) >= 11 is 3.48. The van der Waals surface area contributed by atoms with Gasteiger partial charge >= 0.3 is 0 Å². The van der Waals surface area contributed by atoms with Crippen molar-refractivity contribution in [3.63, 3.8) is 0 Å². The van der Waals surface area contributed by atoms with E-state index in [9.17, 15) is 8.78 Å². The number of rotatable bonds is 2. The third-order valence-electron chi connectivity index (χ3n) is 2.92. The van der Waals surface area contributed by atoms with Crippen molar-refractivity contribution in [3.8, 4) is 11.4 Å². The van der Waals surface area contributed by atoms with E-state index in [-0.39, 0.29) is 11.2 Å². The van der Waals surface area contributed by atoms with Gasteiger partial charge in [0.15, 0.2) is 5.82 Å². The number of nitrogens with zero attached hydrogens (tertiary/aromatic N) is 2. The van der Waals surface area contributed by atoms with Crippen LogP contribution >= 0.6 is 15.9 Å². The smallest absolute Gasteiger partial charge is 0.162 e. The highest BCUT2D eigenvalue weighted by Gasteiger charge is 2.23. The second kappa shape index (κ2) is 5.67. The third-order valence-corrected chi connectivity index (χ3v) is 3.67. The molecule has 2 rings (SSSR count). The van der Waals surface area contributed by atoms with Gasteiger partial charge in [-0.05, 0) is 28.1 Å². The molecule has 112 valence electrons. The summed E-state index contributed by atoms with van der Waals surface area (Å²) in [7, 11) is 1.73. The van der Waals surface area contributed by atoms with Gasteiger partial charge < -0.3 is 5.32 Å². The van der Waals surface area contributed by atoms with Crippen LogP contribution in [0.2, 0.25) is 0 Å². The molecule has 1 aromatic carbocycles. The first-order valence-corrected chi connectivity index (χ1v) is 7.24. The molecular formula is C15H16BrF2N3. The quantitative estimate of drug-likeness (QED) is 0.860. The van der Waals surface area contributed by atoms with Gasteiger partial charge in [-0.1, -0.05) is 20.8 Å². The molecule has 3 nitrogen and oxygen atoms in total. The van der Waals surface area contributed by atoms with E-state index < -0.39 is 11.6 Å². The average molecular weight is 356 g/mol. The van der Waals surface area contributed by atoms with Gasteiger partial charge in [-0.2, -0.15) is 0 Å². The van der Waals surface area contributed by atoms with Crippen LogP contribution in [0.5, 0.6) is 0 Å². The Morgan fingerprint density at radius 3 is 2.10 bits per heavy atom. The van der Waals surface area contributed by atoms with Crippen LogP contribution in [0.1, 0.15) is 26.5 Å². The number of aromatic nitrogens is 2. The Balaban J connectivity index is 2.69. The van der Waals surface area contributed by atoms with Gasteiger partial charge in [0.05, 0.1) is 10.2 Å². The molecule has 0 unspecified atom stereocenters. The summed E-state index contributed by atoms with van der Waals surface area (Å²) in [5.74, 6) is -0.444. The van der Waals surface area contributed by atoms with E-state index in [0.717, 1.165) is 16.2 Å². The van der Waals surface area contributed by atoms with E-state index in [0.29, 0.717) is 11.4 Å². The SMILES string of the molecule is CNc1nc(-c2cc(F)cc(F)c2)nc(C(C)(C)C)c1Br. The summed E-state index contributed by atoms with van der Waals surface area (Å²) in [6, 6.07) is 3.27. The lowest BCUT2D eigenvalue weighted by Crippen LogP contribution is -2.17. The van der Waals surface area contributed by atoms with Gasteiger partial charge in [-0.25, -0.2) is 18.7 Å². The molecule has 1 aromatic heterocycles. The number of hydrogen-bond acceptors (Lipinski definition) is 3. The molecule has 0 aliphatic rings. The highest BCUT2D eigenvalue weighted by Crippen LogP contribution is 2.34. The van der Waals surface area contributed by atoms with E-state index in [4.69, 9.17) is 0 Å². The monoisotopic (exact) mass is 355 g/mol. The maximum atomic E-state index is 13.4. The van der Waals surface area contributed by atoms with Crippen molar-refractivity contribution >= 4 is 21.7 Å². The molecule has 0 spiro atoms. The maximum Gasteiger partial charge on any atom is 0.162 e. The van der Waals surface area contributed by atoms with Gasteiger partial charge in [0.1, 0.15) is 17.5 Å². The van der Waals surface area contributed by atoms with Crippen LogP contribution in [0.25, 0.3) is 11.4 Å². The van der Waals surface area contributed by atoms with E-state index in [1.54, 1.807) is 7.05 Å². The van der Waals surface area contributed by atoms with Crippen molar-refractivity contribution in [2.45, 2.75) is 26.2 Å². The van der Waals surface area contributed by atoms with Crippen molar-refractivity contribution < 1.29 is 8.78 Å². The van der Waals surface area contributed by atoms with Gasteiger partial charge in [0.2, 0.25) is 0 Å². The van der Waals surface area contributed by atoms with Gasteiger partial charge in [-0.15, -0.1) is 0 Å². The Morgan fingerprint density at radius 1 is 1.05 bits per heavy atom. The number of benzene rings is 1. The molecule has 1 N–H and O–H groups in total. The fourth-order valence-electron chi connectivity index (χ4n) is 1.92. The second-order valence-electron chi connectivity index (χ2n) is 5.72. The van der Waals surface area contributed by atoms with Crippen LogP contribution in [0, 0.1) is 11.6 Å². The molecule has 1 heterocycles. The standard InChI is InChI=1S/C15H16BrF2N3/c1-15(2,3)12-11(16)14(19-4)21-13(20-12)8-5-9(17)7-10(18)6-8/h5-7H,1-4H3,(H,19,20,21). The van der Waals surface area contributed by atoms with E-state index in [1.807, 2.05) is 20.8 Å². The molecule has 21 heavy (non-hydrogen) atoms. The fourth-order valence-corrected chi connectivity index (χ4v) is 2.89. The molecule has 0 fully saturated rings. The molecule has 6 heteroatoms. The Bertz CT molecular complexity index is 661. The first-order chi connectivity index (χ1) is 9.72. The van der Waals surface area contributed by atoms with E-state index in [2.05, 4.69) is 31.2 Å². The number of hydrogen-bond donors (Lipinski definition) is 1. The second-order valence-corrected chi connectivity index (χ2v) is 6.51. The predicted molar refractivity (Wildman–Crippen MR) is 83.3 cm³/mol. The Labute approximate surface area is 131 Å². The van der Waals surface area contributed by atoms with Crippen LogP contribution in [-0.4, -0.2) is 17.0 Å². The van der Waals surface area contributed by atoms with Crippen LogP contribution in [0.4, 0.5) is 14.6 Å². The van der Waals surface area contributed by atoms with E-state index in [1.165, 1.54) is 12.1 Å². The van der Waals surface area contributed by atoms with Crippen molar-refractivity contribution in [2.24, 2.45) is 0 Å². The van der Waals surface area contributed by atoms with Crippen molar-refractivity contribution in [1.82, 2.24) is 9.97 Å². The van der Waals surface area contributed by atoms with Gasteiger partial charge in [0.25, 0.3) is 0 Å². The summed E-state index contributed by atoms with van der Waals surface area (Å²) in [6.45, 7) is 6.03. The lowest BCUT2D eigenvalue weighted by atomic mass is 9.91. The molecule has 2 aromatic rings. The average Bonchev–Trinajstić information content (AvgIpc) is 2.36. The Kier molecular flexibility index (Phi) is 4.27. The van der Waals surface area contributed by atoms with Crippen molar-refractivity contribution in [2.75, 3.05) is 12.4 Å². The largest absolute Gasteiger partial charge is 0.372 e. The topological polar surface area (TPSA) is 37.8 Å². The first-order valence-electron chi connectivity index (χ1n) is 6.44. The number of halogens is 3. The molecule has 0 radical (unpaired) electrons. The van der Waals surface area contributed by atoms with Crippen LogP contribution < -0.4 is 5.32 Å². The zero-order valence-corrected chi connectivity index (χ0v) is 13.8. The van der Waals surface area contributed by atoms with Crippen molar-refractivity contribution in [3.05, 3.63) is 40.0 Å². The van der Waals surface area contributed by atoms with Crippen LogP contribution in [-0.2, 0) is 5.41 Å². The lowest BCUT2D eigenvalue weighted by Gasteiger charge is -2.21. The summed E-state index contributed by atoms with van der Waals surface area (Å²) < 4.78 is 27.5. The van der Waals surface area contributed by atoms with Crippen molar-refractivity contribution in [1.29, 1.82) is 0 Å². The highest BCUT2D eigenvalue weighted by molar-refractivity contribution is 9.10. The molecule has 0 amide bonds. The molecular weight excluding hydrogens is 340 g/mol. The highest BCUT2D eigenvalue weighted by atomic mass is 79.9. The molecule has 0 saturated carbocycles. The predicted octanol–water partition coefficient (Wildman–Crippen LogP) is 4.52. The minimum Gasteiger partial charge on any atom is -0.372 e. The Hall–Kier alpha value is -1.56. The summed E-state index contributed by atoms with van der Waals surface area (Å²) in [6.07, 6.45) is 0. The zero-order valence-electron chi connectivity index (χ0n) is 12.3. The summed E-state index contributed by atoms with van der Waals surface area (Å²) in [4.78, 5) is 8.79. The minimum absolute atomic E-state index is 0.242. The van der Waals surface area contributed by atoms with E-state index >= 15 is 0 Å². The molecule has 0 bridgehead atoms. The molecule has 0 atom stereocenters. The van der Waals surface area contributed by atoms with Gasteiger partial charge in [0, 0.05) is 24.1 Å². The zero-order chi connectivity index (χ0) is 15.8. The minimum atomic E-state index is -0.653. The van der Waals surface area contributed by atoms with Crippen LogP contribution in [0.3, 0.4) is 0 Å². The maximum absolute atomic E-state index is 13.4. The molecule has 0 aliphatic carbocycles. The first kappa shape index (κ1) is 15.8. The number of nitrogens with one attached hydrogen (secondary N) is 1. The fraction of sp³-hybridized carbons (Fsp3) is 0.333. The summed E-state index contributed by atoms with van der Waals surface area (Å²) in [5, 5.41) is 2.96. The summed E-state index contributed by atoms with van der Waals surface area (Å²) in [5.41, 5.74) is 0.831. The third kappa shape index (κ3) is 3.37. The molecule has 0 aliphatic heterocycles.